The summed E-state index contributed by atoms with van der Waals surface area (Å²) < 4.78 is 0. The Bertz CT molecular complexity index is 878. The van der Waals surface area contributed by atoms with Crippen molar-refractivity contribution in [2.24, 2.45) is 0 Å². The van der Waals surface area contributed by atoms with Crippen LogP contribution < -0.4 is 10.2 Å². The van der Waals surface area contributed by atoms with Gasteiger partial charge in [0.2, 0.25) is 5.91 Å². The van der Waals surface area contributed by atoms with Gasteiger partial charge in [0, 0.05) is 45.5 Å². The lowest BCUT2D eigenvalue weighted by Crippen LogP contribution is -2.53. The van der Waals surface area contributed by atoms with Crippen LogP contribution in [-0.2, 0) is 4.79 Å². The van der Waals surface area contributed by atoms with Crippen LogP contribution in [0, 0.1) is 13.8 Å². The molecule has 8 heteroatoms. The first kappa shape index (κ1) is 21.3. The molecule has 1 aromatic heterocycles. The van der Waals surface area contributed by atoms with E-state index in [0.29, 0.717) is 28.3 Å². The minimum Gasteiger partial charge on any atom is -0.366 e. The Morgan fingerprint density at radius 3 is 2.52 bits per heavy atom. The van der Waals surface area contributed by atoms with Gasteiger partial charge in [-0.25, -0.2) is 4.98 Å². The van der Waals surface area contributed by atoms with Gasteiger partial charge in [-0.1, -0.05) is 29.0 Å². The molecular formula is C21H29N5O2S. The largest absolute Gasteiger partial charge is 0.366 e. The smallest absolute Gasteiger partial charge is 0.265 e. The third kappa shape index (κ3) is 5.13. The Hall–Kier alpha value is -2.45. The number of aromatic nitrogens is 1. The lowest BCUT2D eigenvalue weighted by atomic mass is 10.1. The number of nitrogens with one attached hydrogen (secondary N) is 1. The van der Waals surface area contributed by atoms with Crippen molar-refractivity contribution in [2.45, 2.75) is 26.8 Å². The van der Waals surface area contributed by atoms with Gasteiger partial charge < -0.3 is 15.1 Å². The van der Waals surface area contributed by atoms with Gasteiger partial charge in [0.15, 0.2) is 5.13 Å². The number of carbonyl (C=O) groups excluding carboxylic acids is 2. The normalized spacial score (nSPS) is 17.3. The van der Waals surface area contributed by atoms with Gasteiger partial charge in [0.25, 0.3) is 5.91 Å². The molecule has 0 radical (unpaired) electrons. The van der Waals surface area contributed by atoms with E-state index >= 15 is 0 Å². The second-order valence-electron chi connectivity index (χ2n) is 7.79. The maximum Gasteiger partial charge on any atom is 0.265 e. The summed E-state index contributed by atoms with van der Waals surface area (Å²) >= 11 is 1.22. The van der Waals surface area contributed by atoms with Crippen LogP contribution in [0.4, 0.5) is 10.8 Å². The Morgan fingerprint density at radius 2 is 1.90 bits per heavy atom. The maximum atomic E-state index is 12.5. The van der Waals surface area contributed by atoms with Gasteiger partial charge in [-0.05, 0) is 32.9 Å². The quantitative estimate of drug-likeness (QED) is 0.813. The van der Waals surface area contributed by atoms with E-state index in [2.05, 4.69) is 58.2 Å². The van der Waals surface area contributed by atoms with Crippen molar-refractivity contribution >= 4 is 34.0 Å². The Balaban J connectivity index is 1.55. The molecule has 1 aliphatic rings. The fourth-order valence-electron chi connectivity index (χ4n) is 3.51. The number of hydrogen-bond acceptors (Lipinski definition) is 6. The number of hydrogen-bond donors (Lipinski definition) is 1. The third-order valence-electron chi connectivity index (χ3n) is 5.09. The van der Waals surface area contributed by atoms with Crippen LogP contribution in [0.3, 0.4) is 0 Å². The van der Waals surface area contributed by atoms with Crippen molar-refractivity contribution in [2.75, 3.05) is 50.5 Å². The molecule has 0 bridgehead atoms. The zero-order valence-corrected chi connectivity index (χ0v) is 18.5. The Kier molecular flexibility index (Phi) is 6.54. The zero-order chi connectivity index (χ0) is 21.1. The van der Waals surface area contributed by atoms with Crippen LogP contribution >= 0.6 is 11.3 Å². The van der Waals surface area contributed by atoms with Gasteiger partial charge in [0.1, 0.15) is 4.88 Å². The first-order valence-electron chi connectivity index (χ1n) is 9.79. The topological polar surface area (TPSA) is 68.8 Å². The summed E-state index contributed by atoms with van der Waals surface area (Å²) in [4.78, 5) is 35.6. The molecular weight excluding hydrogens is 386 g/mol. The van der Waals surface area contributed by atoms with E-state index in [1.165, 1.54) is 27.5 Å². The van der Waals surface area contributed by atoms with E-state index in [4.69, 9.17) is 0 Å². The monoisotopic (exact) mass is 415 g/mol. The number of carbonyl (C=O) groups is 2. The van der Waals surface area contributed by atoms with E-state index < -0.39 is 0 Å². The summed E-state index contributed by atoms with van der Waals surface area (Å²) in [6.07, 6.45) is 0. The average molecular weight is 416 g/mol. The number of benzene rings is 1. The van der Waals surface area contributed by atoms with Crippen molar-refractivity contribution in [3.8, 4) is 0 Å². The number of piperazine rings is 1. The lowest BCUT2D eigenvalue weighted by molar-refractivity contribution is -0.117. The van der Waals surface area contributed by atoms with E-state index in [9.17, 15) is 9.59 Å². The fourth-order valence-corrected chi connectivity index (χ4v) is 4.51. The molecule has 1 N–H and O–H groups in total. The van der Waals surface area contributed by atoms with Gasteiger partial charge in [-0.3, -0.25) is 14.5 Å². The summed E-state index contributed by atoms with van der Waals surface area (Å²) in [6.45, 7) is 8.92. The predicted octanol–water partition coefficient (Wildman–Crippen LogP) is 2.61. The van der Waals surface area contributed by atoms with Crippen LogP contribution in [-0.4, -0.2) is 72.9 Å². The van der Waals surface area contributed by atoms with Crippen molar-refractivity contribution in [3.05, 3.63) is 40.4 Å². The van der Waals surface area contributed by atoms with Crippen LogP contribution in [0.15, 0.2) is 24.3 Å². The summed E-state index contributed by atoms with van der Waals surface area (Å²) in [6, 6.07) is 8.91. The molecule has 1 unspecified atom stereocenters. The highest BCUT2D eigenvalue weighted by molar-refractivity contribution is 7.17. The van der Waals surface area contributed by atoms with Gasteiger partial charge in [-0.2, -0.15) is 0 Å². The summed E-state index contributed by atoms with van der Waals surface area (Å²) in [5.41, 5.74) is 3.12. The molecule has 1 atom stereocenters. The van der Waals surface area contributed by atoms with Crippen molar-refractivity contribution in [3.63, 3.8) is 0 Å². The molecule has 7 nitrogen and oxygen atoms in total. The standard InChI is InChI=1S/C21H29N5O2S/c1-14-6-8-17(9-7-14)26-11-10-25(12-15(26)2)13-18(27)23-21-22-16(3)19(29-21)20(28)24(4)5/h6-9,15H,10-13H2,1-5H3,(H,22,23,27). The number of thiazole rings is 1. The Labute approximate surface area is 176 Å². The summed E-state index contributed by atoms with van der Waals surface area (Å²) in [5.74, 6) is -0.194. The highest BCUT2D eigenvalue weighted by atomic mass is 32.1. The van der Waals surface area contributed by atoms with E-state index in [1.807, 2.05) is 0 Å². The molecule has 0 spiro atoms. The average Bonchev–Trinajstić information content (AvgIpc) is 3.02. The lowest BCUT2D eigenvalue weighted by Gasteiger charge is -2.41. The van der Waals surface area contributed by atoms with Crippen LogP contribution in [0.1, 0.15) is 27.9 Å². The summed E-state index contributed by atoms with van der Waals surface area (Å²) in [5, 5.41) is 3.33. The highest BCUT2D eigenvalue weighted by Gasteiger charge is 2.25. The van der Waals surface area contributed by atoms with E-state index in [0.717, 1.165) is 19.6 Å². The molecule has 2 amide bonds. The molecule has 1 saturated heterocycles. The molecule has 156 valence electrons. The highest BCUT2D eigenvalue weighted by Crippen LogP contribution is 2.24. The number of aryl methyl sites for hydroxylation is 2. The molecule has 2 heterocycles. The fraction of sp³-hybridized carbons (Fsp3) is 0.476. The van der Waals surface area contributed by atoms with E-state index in [1.54, 1.807) is 21.0 Å². The predicted molar refractivity (Wildman–Crippen MR) is 118 cm³/mol. The summed E-state index contributed by atoms with van der Waals surface area (Å²) in [7, 11) is 3.41. The first-order valence-corrected chi connectivity index (χ1v) is 10.6. The van der Waals surface area contributed by atoms with Crippen LogP contribution in [0.25, 0.3) is 0 Å². The molecule has 1 aliphatic heterocycles. The van der Waals surface area contributed by atoms with Gasteiger partial charge in [0.05, 0.1) is 12.2 Å². The maximum absolute atomic E-state index is 12.5. The minimum atomic E-state index is -0.0985. The number of rotatable bonds is 5. The molecule has 0 aliphatic carbocycles. The third-order valence-corrected chi connectivity index (χ3v) is 6.15. The molecule has 1 fully saturated rings. The van der Waals surface area contributed by atoms with E-state index in [-0.39, 0.29) is 11.8 Å². The number of amides is 2. The van der Waals surface area contributed by atoms with Crippen LogP contribution in [0.5, 0.6) is 0 Å². The van der Waals surface area contributed by atoms with Gasteiger partial charge in [-0.15, -0.1) is 0 Å². The second kappa shape index (κ2) is 8.92. The molecule has 3 rings (SSSR count). The SMILES string of the molecule is Cc1ccc(N2CCN(CC(=O)Nc3nc(C)c(C(=O)N(C)C)s3)CC2C)cc1. The second-order valence-corrected chi connectivity index (χ2v) is 8.79. The van der Waals surface area contributed by atoms with Crippen molar-refractivity contribution < 1.29 is 9.59 Å². The van der Waals surface area contributed by atoms with Gasteiger partial charge >= 0.3 is 0 Å². The number of anilines is 2. The molecule has 2 aromatic rings. The zero-order valence-electron chi connectivity index (χ0n) is 17.7. The number of nitrogens with zero attached hydrogens (tertiary/aromatic N) is 4. The first-order chi connectivity index (χ1) is 13.7. The van der Waals surface area contributed by atoms with Crippen molar-refractivity contribution in [1.29, 1.82) is 0 Å². The Morgan fingerprint density at radius 1 is 1.21 bits per heavy atom. The van der Waals surface area contributed by atoms with Crippen molar-refractivity contribution in [1.82, 2.24) is 14.8 Å². The minimum absolute atomic E-state index is 0.0958. The van der Waals surface area contributed by atoms with Crippen LogP contribution in [0.2, 0.25) is 0 Å². The molecule has 1 aromatic carbocycles. The molecule has 29 heavy (non-hydrogen) atoms. The molecule has 0 saturated carbocycles.